The largest absolute Gasteiger partial charge is 0.330 e. The second-order valence-electron chi connectivity index (χ2n) is 9.96. The molecule has 1 fully saturated rings. The SMILES string of the molecule is Cn1c(CSc2nnc(-c3ccc(C(C)(C)C)cc3)n2C2CCCCC2)cc(=O)n(C)c1=O. The van der Waals surface area contributed by atoms with Crippen LogP contribution in [0.1, 0.15) is 70.2 Å². The van der Waals surface area contributed by atoms with E-state index in [2.05, 4.69) is 59.8 Å². The second-order valence-corrected chi connectivity index (χ2v) is 10.9. The van der Waals surface area contributed by atoms with Crippen molar-refractivity contribution in [2.45, 2.75) is 75.2 Å². The van der Waals surface area contributed by atoms with Crippen LogP contribution in [0.2, 0.25) is 0 Å². The quantitative estimate of drug-likeness (QED) is 0.519. The van der Waals surface area contributed by atoms with Gasteiger partial charge in [-0.15, -0.1) is 10.2 Å². The molecule has 1 aromatic carbocycles. The van der Waals surface area contributed by atoms with Gasteiger partial charge in [-0.25, -0.2) is 4.79 Å². The van der Waals surface area contributed by atoms with E-state index < -0.39 is 0 Å². The van der Waals surface area contributed by atoms with Gasteiger partial charge in [0.15, 0.2) is 11.0 Å². The van der Waals surface area contributed by atoms with Gasteiger partial charge in [-0.2, -0.15) is 0 Å². The highest BCUT2D eigenvalue weighted by atomic mass is 32.2. The van der Waals surface area contributed by atoms with Crippen LogP contribution in [0.15, 0.2) is 45.1 Å². The number of thioether (sulfide) groups is 1. The zero-order valence-electron chi connectivity index (χ0n) is 20.2. The monoisotopic (exact) mass is 467 g/mol. The molecule has 2 heterocycles. The van der Waals surface area contributed by atoms with E-state index in [1.807, 2.05) is 0 Å². The van der Waals surface area contributed by atoms with Gasteiger partial charge in [-0.1, -0.05) is 76.1 Å². The molecule has 0 N–H and O–H groups in total. The first kappa shape index (κ1) is 23.5. The van der Waals surface area contributed by atoms with E-state index in [9.17, 15) is 9.59 Å². The number of benzene rings is 1. The van der Waals surface area contributed by atoms with Crippen LogP contribution in [-0.4, -0.2) is 23.9 Å². The Morgan fingerprint density at radius 1 is 0.970 bits per heavy atom. The summed E-state index contributed by atoms with van der Waals surface area (Å²) in [5, 5.41) is 9.98. The highest BCUT2D eigenvalue weighted by molar-refractivity contribution is 7.98. The Morgan fingerprint density at radius 2 is 1.64 bits per heavy atom. The average molecular weight is 468 g/mol. The zero-order chi connectivity index (χ0) is 23.8. The summed E-state index contributed by atoms with van der Waals surface area (Å²) in [6, 6.07) is 10.5. The van der Waals surface area contributed by atoms with Gasteiger partial charge in [0.25, 0.3) is 5.56 Å². The van der Waals surface area contributed by atoms with E-state index in [0.29, 0.717) is 17.5 Å². The first-order valence-electron chi connectivity index (χ1n) is 11.6. The van der Waals surface area contributed by atoms with Crippen LogP contribution < -0.4 is 11.2 Å². The summed E-state index contributed by atoms with van der Waals surface area (Å²) in [4.78, 5) is 24.4. The molecule has 1 aliphatic carbocycles. The van der Waals surface area contributed by atoms with Crippen molar-refractivity contribution in [3.05, 3.63) is 62.4 Å². The van der Waals surface area contributed by atoms with E-state index in [0.717, 1.165) is 34.0 Å². The molecule has 0 aliphatic heterocycles. The molecule has 2 aromatic heterocycles. The number of aromatic nitrogens is 5. The van der Waals surface area contributed by atoms with Crippen molar-refractivity contribution < 1.29 is 0 Å². The lowest BCUT2D eigenvalue weighted by atomic mass is 9.86. The van der Waals surface area contributed by atoms with Gasteiger partial charge in [0.1, 0.15) is 0 Å². The Bertz CT molecular complexity index is 1240. The maximum Gasteiger partial charge on any atom is 0.330 e. The van der Waals surface area contributed by atoms with E-state index in [1.165, 1.54) is 54.3 Å². The number of nitrogens with zero attached hydrogens (tertiary/aromatic N) is 5. The summed E-state index contributed by atoms with van der Waals surface area (Å²) in [5.41, 5.74) is 2.53. The van der Waals surface area contributed by atoms with E-state index >= 15 is 0 Å². The van der Waals surface area contributed by atoms with Gasteiger partial charge in [-0.05, 0) is 23.8 Å². The average Bonchev–Trinajstić information content (AvgIpc) is 3.23. The lowest BCUT2D eigenvalue weighted by molar-refractivity contribution is 0.339. The lowest BCUT2D eigenvalue weighted by Gasteiger charge is -2.26. The third-order valence-corrected chi connectivity index (χ3v) is 7.56. The maximum absolute atomic E-state index is 12.3. The van der Waals surface area contributed by atoms with Gasteiger partial charge in [0.05, 0.1) is 0 Å². The van der Waals surface area contributed by atoms with E-state index in [4.69, 9.17) is 0 Å². The molecule has 8 heteroatoms. The fourth-order valence-corrected chi connectivity index (χ4v) is 5.44. The molecule has 0 radical (unpaired) electrons. The smallest absolute Gasteiger partial charge is 0.300 e. The molecule has 0 amide bonds. The molecule has 0 spiro atoms. The fraction of sp³-hybridized carbons (Fsp3) is 0.520. The summed E-state index contributed by atoms with van der Waals surface area (Å²) in [7, 11) is 3.20. The minimum absolute atomic E-state index is 0.0965. The van der Waals surface area contributed by atoms with Crippen LogP contribution in [0.25, 0.3) is 11.4 Å². The minimum Gasteiger partial charge on any atom is -0.300 e. The zero-order valence-corrected chi connectivity index (χ0v) is 21.0. The Morgan fingerprint density at radius 3 is 2.27 bits per heavy atom. The molecular formula is C25H33N5O2S. The normalized spacial score (nSPS) is 15.2. The summed E-state index contributed by atoms with van der Waals surface area (Å²) in [5.74, 6) is 1.37. The summed E-state index contributed by atoms with van der Waals surface area (Å²) >= 11 is 1.54. The van der Waals surface area contributed by atoms with Crippen molar-refractivity contribution in [2.75, 3.05) is 0 Å². The standard InChI is InChI=1S/C25H33N5O2S/c1-25(2,3)18-13-11-17(12-14-18)22-26-27-23(30(22)19-9-7-6-8-10-19)33-16-20-15-21(31)29(5)24(32)28(20)4/h11-15,19H,6-10,16H2,1-5H3. The van der Waals surface area contributed by atoms with Crippen LogP contribution in [-0.2, 0) is 25.3 Å². The molecule has 0 atom stereocenters. The van der Waals surface area contributed by atoms with Crippen LogP contribution in [0, 0.1) is 0 Å². The molecular weight excluding hydrogens is 434 g/mol. The molecule has 0 bridgehead atoms. The third kappa shape index (κ3) is 4.86. The summed E-state index contributed by atoms with van der Waals surface area (Å²) in [6.07, 6.45) is 5.91. The first-order chi connectivity index (χ1) is 15.7. The molecule has 4 rings (SSSR count). The summed E-state index contributed by atoms with van der Waals surface area (Å²) < 4.78 is 4.94. The van der Waals surface area contributed by atoms with Crippen molar-refractivity contribution in [2.24, 2.45) is 14.1 Å². The van der Waals surface area contributed by atoms with Crippen LogP contribution in [0.4, 0.5) is 0 Å². The number of rotatable bonds is 5. The molecule has 176 valence electrons. The highest BCUT2D eigenvalue weighted by Gasteiger charge is 2.24. The van der Waals surface area contributed by atoms with Crippen LogP contribution in [0.3, 0.4) is 0 Å². The van der Waals surface area contributed by atoms with E-state index in [-0.39, 0.29) is 16.7 Å². The van der Waals surface area contributed by atoms with Crippen molar-refractivity contribution in [3.8, 4) is 11.4 Å². The van der Waals surface area contributed by atoms with Gasteiger partial charge in [-0.3, -0.25) is 18.5 Å². The van der Waals surface area contributed by atoms with Crippen LogP contribution >= 0.6 is 11.8 Å². The predicted molar refractivity (Wildman–Crippen MR) is 133 cm³/mol. The molecule has 0 saturated heterocycles. The van der Waals surface area contributed by atoms with Crippen molar-refractivity contribution in [1.29, 1.82) is 0 Å². The van der Waals surface area contributed by atoms with Crippen molar-refractivity contribution in [3.63, 3.8) is 0 Å². The maximum atomic E-state index is 12.3. The molecule has 1 aliphatic rings. The van der Waals surface area contributed by atoms with Gasteiger partial charge in [0, 0.05) is 43.2 Å². The van der Waals surface area contributed by atoms with E-state index in [1.54, 1.807) is 7.05 Å². The fourth-order valence-electron chi connectivity index (χ4n) is 4.42. The molecule has 33 heavy (non-hydrogen) atoms. The topological polar surface area (TPSA) is 74.7 Å². The Hall–Kier alpha value is -2.61. The minimum atomic E-state index is -0.313. The lowest BCUT2D eigenvalue weighted by Crippen LogP contribution is -2.37. The highest BCUT2D eigenvalue weighted by Crippen LogP contribution is 2.36. The van der Waals surface area contributed by atoms with Gasteiger partial charge >= 0.3 is 5.69 Å². The van der Waals surface area contributed by atoms with Gasteiger partial charge in [0.2, 0.25) is 0 Å². The second kappa shape index (κ2) is 9.33. The molecule has 3 aromatic rings. The van der Waals surface area contributed by atoms with Crippen molar-refractivity contribution >= 4 is 11.8 Å². The number of hydrogen-bond donors (Lipinski definition) is 0. The summed E-state index contributed by atoms with van der Waals surface area (Å²) in [6.45, 7) is 6.64. The first-order valence-corrected chi connectivity index (χ1v) is 12.6. The third-order valence-electron chi connectivity index (χ3n) is 6.59. The molecule has 1 saturated carbocycles. The molecule has 0 unspecified atom stereocenters. The van der Waals surface area contributed by atoms with Gasteiger partial charge < -0.3 is 0 Å². The number of hydrogen-bond acceptors (Lipinski definition) is 5. The van der Waals surface area contributed by atoms with Crippen LogP contribution in [0.5, 0.6) is 0 Å². The Labute approximate surface area is 198 Å². The molecule has 7 nitrogen and oxygen atoms in total. The Balaban J connectivity index is 1.69. The van der Waals surface area contributed by atoms with Crippen molar-refractivity contribution in [1.82, 2.24) is 23.9 Å². The predicted octanol–water partition coefficient (Wildman–Crippen LogP) is 4.44. The Kier molecular flexibility index (Phi) is 6.66.